The van der Waals surface area contributed by atoms with Gasteiger partial charge in [0, 0.05) is 25.2 Å². The lowest BCUT2D eigenvalue weighted by atomic mass is 10.1. The van der Waals surface area contributed by atoms with Gasteiger partial charge in [-0.05, 0) is 44.0 Å². The summed E-state index contributed by atoms with van der Waals surface area (Å²) in [6.07, 6.45) is 0.487. The first-order chi connectivity index (χ1) is 10.9. The SMILES string of the molecule is CCOc1ccc(N2CCN(C(=O)CC(C)C)C(C)C2=O)cc1. The molecule has 1 heterocycles. The molecule has 1 aromatic rings. The highest BCUT2D eigenvalue weighted by Crippen LogP contribution is 2.24. The molecule has 0 spiro atoms. The average Bonchev–Trinajstić information content (AvgIpc) is 2.50. The molecule has 1 atom stereocenters. The molecule has 0 radical (unpaired) electrons. The second-order valence-corrected chi connectivity index (χ2v) is 6.28. The minimum absolute atomic E-state index is 0.0301. The van der Waals surface area contributed by atoms with Crippen LogP contribution >= 0.6 is 0 Å². The molecule has 1 aliphatic rings. The van der Waals surface area contributed by atoms with Crippen molar-refractivity contribution in [2.75, 3.05) is 24.6 Å². The summed E-state index contributed by atoms with van der Waals surface area (Å²) in [6, 6.07) is 7.10. The summed E-state index contributed by atoms with van der Waals surface area (Å²) in [7, 11) is 0. The Bertz CT molecular complexity index is 554. The molecule has 1 fully saturated rings. The Morgan fingerprint density at radius 2 is 1.91 bits per heavy atom. The standard InChI is InChI=1S/C18H26N2O3/c1-5-23-16-8-6-15(7-9-16)20-11-10-19(14(4)18(20)22)17(21)12-13(2)3/h6-9,13-14H,5,10-12H2,1-4H3. The van der Waals surface area contributed by atoms with Crippen LogP contribution < -0.4 is 9.64 Å². The lowest BCUT2D eigenvalue weighted by molar-refractivity contribution is -0.141. The molecule has 1 aliphatic heterocycles. The van der Waals surface area contributed by atoms with Gasteiger partial charge in [0.05, 0.1) is 6.61 Å². The summed E-state index contributed by atoms with van der Waals surface area (Å²) < 4.78 is 5.43. The van der Waals surface area contributed by atoms with Gasteiger partial charge in [-0.1, -0.05) is 13.8 Å². The van der Waals surface area contributed by atoms with E-state index in [1.807, 2.05) is 45.0 Å². The molecule has 0 N–H and O–H groups in total. The summed E-state index contributed by atoms with van der Waals surface area (Å²) in [5.74, 6) is 1.13. The number of benzene rings is 1. The number of carbonyl (C=O) groups excluding carboxylic acids is 2. The van der Waals surface area contributed by atoms with Gasteiger partial charge in [0.25, 0.3) is 0 Å². The van der Waals surface area contributed by atoms with Crippen molar-refractivity contribution in [2.45, 2.75) is 40.2 Å². The van der Waals surface area contributed by atoms with E-state index in [2.05, 4.69) is 0 Å². The van der Waals surface area contributed by atoms with Crippen molar-refractivity contribution < 1.29 is 14.3 Å². The second-order valence-electron chi connectivity index (χ2n) is 6.28. The molecule has 0 bridgehead atoms. The van der Waals surface area contributed by atoms with E-state index in [1.165, 1.54) is 0 Å². The van der Waals surface area contributed by atoms with Gasteiger partial charge in [-0.3, -0.25) is 9.59 Å². The molecule has 0 saturated carbocycles. The van der Waals surface area contributed by atoms with E-state index in [-0.39, 0.29) is 11.8 Å². The molecule has 126 valence electrons. The van der Waals surface area contributed by atoms with Crippen LogP contribution in [0.25, 0.3) is 0 Å². The summed E-state index contributed by atoms with van der Waals surface area (Å²) in [4.78, 5) is 28.4. The Balaban J connectivity index is 2.07. The van der Waals surface area contributed by atoms with Crippen molar-refractivity contribution in [3.8, 4) is 5.75 Å². The minimum Gasteiger partial charge on any atom is -0.494 e. The zero-order valence-electron chi connectivity index (χ0n) is 14.4. The molecule has 1 aromatic carbocycles. The van der Waals surface area contributed by atoms with Gasteiger partial charge in [-0.25, -0.2) is 0 Å². The number of nitrogens with zero attached hydrogens (tertiary/aromatic N) is 2. The monoisotopic (exact) mass is 318 g/mol. The van der Waals surface area contributed by atoms with Crippen LogP contribution in [0, 0.1) is 5.92 Å². The fraction of sp³-hybridized carbons (Fsp3) is 0.556. The van der Waals surface area contributed by atoms with Gasteiger partial charge in [-0.2, -0.15) is 0 Å². The molecule has 0 aromatic heterocycles. The zero-order valence-corrected chi connectivity index (χ0v) is 14.4. The molecular formula is C18H26N2O3. The molecule has 5 nitrogen and oxygen atoms in total. The highest BCUT2D eigenvalue weighted by atomic mass is 16.5. The van der Waals surface area contributed by atoms with E-state index in [1.54, 1.807) is 16.7 Å². The van der Waals surface area contributed by atoms with Crippen molar-refractivity contribution in [1.29, 1.82) is 0 Å². The number of carbonyl (C=O) groups is 2. The number of piperazine rings is 1. The highest BCUT2D eigenvalue weighted by Gasteiger charge is 2.34. The smallest absolute Gasteiger partial charge is 0.249 e. The lowest BCUT2D eigenvalue weighted by Crippen LogP contribution is -2.57. The Morgan fingerprint density at radius 1 is 1.26 bits per heavy atom. The fourth-order valence-electron chi connectivity index (χ4n) is 2.82. The normalized spacial score (nSPS) is 18.5. The van der Waals surface area contributed by atoms with Crippen molar-refractivity contribution >= 4 is 17.5 Å². The highest BCUT2D eigenvalue weighted by molar-refractivity contribution is 6.00. The van der Waals surface area contributed by atoms with E-state index < -0.39 is 6.04 Å². The topological polar surface area (TPSA) is 49.9 Å². The Hall–Kier alpha value is -2.04. The van der Waals surface area contributed by atoms with E-state index in [9.17, 15) is 9.59 Å². The van der Waals surface area contributed by atoms with Crippen LogP contribution in [0.1, 0.15) is 34.1 Å². The van der Waals surface area contributed by atoms with Crippen molar-refractivity contribution in [1.82, 2.24) is 4.90 Å². The van der Waals surface area contributed by atoms with Gasteiger partial charge < -0.3 is 14.5 Å². The largest absolute Gasteiger partial charge is 0.494 e. The number of amides is 2. The first kappa shape index (κ1) is 17.3. The van der Waals surface area contributed by atoms with Crippen LogP contribution in [-0.4, -0.2) is 42.5 Å². The third-order valence-corrected chi connectivity index (χ3v) is 4.02. The van der Waals surface area contributed by atoms with Gasteiger partial charge in [0.15, 0.2) is 0 Å². The first-order valence-electron chi connectivity index (χ1n) is 8.27. The maximum absolute atomic E-state index is 12.6. The molecule has 23 heavy (non-hydrogen) atoms. The van der Waals surface area contributed by atoms with Crippen LogP contribution in [0.15, 0.2) is 24.3 Å². The number of anilines is 1. The maximum Gasteiger partial charge on any atom is 0.249 e. The van der Waals surface area contributed by atoms with Crippen molar-refractivity contribution in [2.24, 2.45) is 5.92 Å². The van der Waals surface area contributed by atoms with E-state index >= 15 is 0 Å². The molecular weight excluding hydrogens is 292 g/mol. The van der Waals surface area contributed by atoms with E-state index in [0.29, 0.717) is 32.0 Å². The maximum atomic E-state index is 12.6. The average molecular weight is 318 g/mol. The van der Waals surface area contributed by atoms with Crippen LogP contribution in [0.4, 0.5) is 5.69 Å². The van der Waals surface area contributed by atoms with E-state index in [4.69, 9.17) is 4.74 Å². The minimum atomic E-state index is -0.415. The number of ether oxygens (including phenoxy) is 1. The summed E-state index contributed by atoms with van der Waals surface area (Å²) in [5, 5.41) is 0. The predicted molar refractivity (Wildman–Crippen MR) is 90.6 cm³/mol. The summed E-state index contributed by atoms with van der Waals surface area (Å²) >= 11 is 0. The molecule has 5 heteroatoms. The van der Waals surface area contributed by atoms with Crippen LogP contribution in [0.3, 0.4) is 0 Å². The third-order valence-electron chi connectivity index (χ3n) is 4.02. The fourth-order valence-corrected chi connectivity index (χ4v) is 2.82. The third kappa shape index (κ3) is 4.03. The molecule has 1 saturated heterocycles. The zero-order chi connectivity index (χ0) is 17.0. The number of rotatable bonds is 5. The Labute approximate surface area is 138 Å². The van der Waals surface area contributed by atoms with Gasteiger partial charge in [-0.15, -0.1) is 0 Å². The Morgan fingerprint density at radius 3 is 2.48 bits per heavy atom. The summed E-state index contributed by atoms with van der Waals surface area (Å²) in [6.45, 7) is 9.49. The first-order valence-corrected chi connectivity index (χ1v) is 8.27. The predicted octanol–water partition coefficient (Wildman–Crippen LogP) is 2.70. The quantitative estimate of drug-likeness (QED) is 0.839. The van der Waals surface area contributed by atoms with Crippen molar-refractivity contribution in [3.63, 3.8) is 0 Å². The molecule has 1 unspecified atom stereocenters. The number of hydrogen-bond acceptors (Lipinski definition) is 3. The van der Waals surface area contributed by atoms with Crippen molar-refractivity contribution in [3.05, 3.63) is 24.3 Å². The second kappa shape index (κ2) is 7.49. The molecule has 2 rings (SSSR count). The summed E-state index contributed by atoms with van der Waals surface area (Å²) in [5.41, 5.74) is 0.848. The van der Waals surface area contributed by atoms with Gasteiger partial charge in [0.1, 0.15) is 11.8 Å². The van der Waals surface area contributed by atoms with Gasteiger partial charge >= 0.3 is 0 Å². The molecule has 0 aliphatic carbocycles. The number of hydrogen-bond donors (Lipinski definition) is 0. The van der Waals surface area contributed by atoms with Gasteiger partial charge in [0.2, 0.25) is 11.8 Å². The lowest BCUT2D eigenvalue weighted by Gasteiger charge is -2.39. The van der Waals surface area contributed by atoms with Crippen LogP contribution in [-0.2, 0) is 9.59 Å². The van der Waals surface area contributed by atoms with Crippen LogP contribution in [0.2, 0.25) is 0 Å². The van der Waals surface area contributed by atoms with E-state index in [0.717, 1.165) is 11.4 Å². The molecule has 2 amide bonds. The van der Waals surface area contributed by atoms with Crippen LogP contribution in [0.5, 0.6) is 5.75 Å². The Kier molecular flexibility index (Phi) is 5.64.